The van der Waals surface area contributed by atoms with E-state index in [2.05, 4.69) is 39.4 Å². The molecule has 1 aliphatic carbocycles. The van der Waals surface area contributed by atoms with E-state index in [-0.39, 0.29) is 5.60 Å². The predicted molar refractivity (Wildman–Crippen MR) is 99.0 cm³/mol. The van der Waals surface area contributed by atoms with Crippen LogP contribution in [0.3, 0.4) is 0 Å². The molecule has 2 aliphatic heterocycles. The Labute approximate surface area is 154 Å². The topological polar surface area (TPSA) is 67.6 Å². The molecule has 3 fully saturated rings. The van der Waals surface area contributed by atoms with Crippen LogP contribution in [0.15, 0.2) is 18.5 Å². The number of likely N-dealkylation sites (tertiary alicyclic amines) is 1. The molecule has 140 valence electrons. The minimum atomic E-state index is 0.0389. The van der Waals surface area contributed by atoms with Gasteiger partial charge in [0.2, 0.25) is 0 Å². The van der Waals surface area contributed by atoms with Gasteiger partial charge in [0.15, 0.2) is 5.65 Å². The van der Waals surface area contributed by atoms with E-state index in [9.17, 15) is 0 Å². The number of nitrogens with one attached hydrogen (secondary N) is 1. The molecule has 1 N–H and O–H groups in total. The zero-order chi connectivity index (χ0) is 17.7. The number of hydrogen-bond acceptors (Lipinski definition) is 6. The molecule has 0 radical (unpaired) electrons. The van der Waals surface area contributed by atoms with Crippen molar-refractivity contribution >= 4 is 11.5 Å². The summed E-state index contributed by atoms with van der Waals surface area (Å²) in [7, 11) is 0. The summed E-state index contributed by atoms with van der Waals surface area (Å²) in [6.45, 7) is 7.87. The largest absolute Gasteiger partial charge is 0.375 e. The van der Waals surface area contributed by atoms with E-state index in [1.54, 1.807) is 10.8 Å². The SMILES string of the molecule is CC1(C)CC(N2C[C@H]3C[C@H](Nc4ccc5nncn5n4)C[C@H]3C2)CCO1. The van der Waals surface area contributed by atoms with Crippen LogP contribution in [0.1, 0.15) is 39.5 Å². The maximum atomic E-state index is 5.90. The van der Waals surface area contributed by atoms with Crippen LogP contribution in [0.2, 0.25) is 0 Å². The molecule has 4 atom stereocenters. The monoisotopic (exact) mass is 356 g/mol. The number of hydrogen-bond donors (Lipinski definition) is 1. The first-order valence-electron chi connectivity index (χ1n) is 9.87. The first kappa shape index (κ1) is 16.4. The second kappa shape index (κ2) is 6.16. The maximum Gasteiger partial charge on any atom is 0.177 e. The molecule has 5 rings (SSSR count). The average molecular weight is 356 g/mol. The lowest BCUT2D eigenvalue weighted by Gasteiger charge is -2.40. The second-order valence-electron chi connectivity index (χ2n) is 8.89. The number of fused-ring (bicyclic) bond motifs is 2. The first-order valence-corrected chi connectivity index (χ1v) is 9.87. The highest BCUT2D eigenvalue weighted by Crippen LogP contribution is 2.41. The Balaban J connectivity index is 1.19. The van der Waals surface area contributed by atoms with Crippen molar-refractivity contribution in [1.29, 1.82) is 0 Å². The molecule has 7 nitrogen and oxygen atoms in total. The van der Waals surface area contributed by atoms with Crippen molar-refractivity contribution in [3.05, 3.63) is 18.5 Å². The Hall–Kier alpha value is -1.73. The molecule has 4 heterocycles. The third-order valence-corrected chi connectivity index (χ3v) is 6.48. The molecule has 1 unspecified atom stereocenters. The van der Waals surface area contributed by atoms with Gasteiger partial charge in [0.05, 0.1) is 5.60 Å². The van der Waals surface area contributed by atoms with Gasteiger partial charge < -0.3 is 10.1 Å². The first-order chi connectivity index (χ1) is 12.6. The quantitative estimate of drug-likeness (QED) is 0.909. The van der Waals surface area contributed by atoms with Crippen LogP contribution in [0.4, 0.5) is 5.82 Å². The molecular weight excluding hydrogens is 328 g/mol. The smallest absolute Gasteiger partial charge is 0.177 e. The van der Waals surface area contributed by atoms with Crippen LogP contribution in [0, 0.1) is 11.8 Å². The molecule has 3 aliphatic rings. The average Bonchev–Trinajstić information content (AvgIpc) is 3.27. The van der Waals surface area contributed by atoms with Gasteiger partial charge in [-0.05, 0) is 63.5 Å². The van der Waals surface area contributed by atoms with Crippen LogP contribution < -0.4 is 5.32 Å². The molecule has 26 heavy (non-hydrogen) atoms. The van der Waals surface area contributed by atoms with E-state index in [1.807, 2.05) is 12.1 Å². The van der Waals surface area contributed by atoms with Crippen molar-refractivity contribution in [1.82, 2.24) is 24.7 Å². The summed E-state index contributed by atoms with van der Waals surface area (Å²) >= 11 is 0. The fourth-order valence-corrected chi connectivity index (χ4v) is 5.28. The predicted octanol–water partition coefficient (Wildman–Crippen LogP) is 2.20. The van der Waals surface area contributed by atoms with Gasteiger partial charge in [0, 0.05) is 31.8 Å². The lowest BCUT2D eigenvalue weighted by atomic mass is 9.93. The van der Waals surface area contributed by atoms with E-state index in [0.29, 0.717) is 12.1 Å². The minimum Gasteiger partial charge on any atom is -0.375 e. The van der Waals surface area contributed by atoms with E-state index in [4.69, 9.17) is 4.74 Å². The van der Waals surface area contributed by atoms with Gasteiger partial charge in [-0.2, -0.15) is 4.52 Å². The minimum absolute atomic E-state index is 0.0389. The summed E-state index contributed by atoms with van der Waals surface area (Å²) in [5.74, 6) is 2.56. The highest BCUT2D eigenvalue weighted by atomic mass is 16.5. The number of ether oxygens (including phenoxy) is 1. The Morgan fingerprint density at radius 3 is 2.77 bits per heavy atom. The molecule has 2 aromatic rings. The molecule has 2 saturated heterocycles. The number of aromatic nitrogens is 4. The third-order valence-electron chi connectivity index (χ3n) is 6.48. The zero-order valence-corrected chi connectivity index (χ0v) is 15.6. The Morgan fingerprint density at radius 1 is 1.19 bits per heavy atom. The van der Waals surface area contributed by atoms with Crippen molar-refractivity contribution in [3.8, 4) is 0 Å². The molecule has 1 saturated carbocycles. The molecule has 0 spiro atoms. The van der Waals surface area contributed by atoms with Crippen molar-refractivity contribution in [3.63, 3.8) is 0 Å². The van der Waals surface area contributed by atoms with Gasteiger partial charge in [0.1, 0.15) is 12.1 Å². The van der Waals surface area contributed by atoms with E-state index in [1.165, 1.54) is 32.4 Å². The third kappa shape index (κ3) is 3.07. The number of anilines is 1. The van der Waals surface area contributed by atoms with E-state index in [0.717, 1.165) is 36.3 Å². The number of nitrogens with zero attached hydrogens (tertiary/aromatic N) is 5. The normalized spacial score (nSPS) is 34.2. The van der Waals surface area contributed by atoms with E-state index >= 15 is 0 Å². The Morgan fingerprint density at radius 2 is 2.00 bits per heavy atom. The van der Waals surface area contributed by atoms with Crippen LogP contribution >= 0.6 is 0 Å². The number of rotatable bonds is 3. The van der Waals surface area contributed by atoms with Crippen molar-refractivity contribution in [2.24, 2.45) is 11.8 Å². The summed E-state index contributed by atoms with van der Waals surface area (Å²) in [5.41, 5.74) is 0.825. The Bertz CT molecular complexity index is 775. The summed E-state index contributed by atoms with van der Waals surface area (Å²) < 4.78 is 7.63. The summed E-state index contributed by atoms with van der Waals surface area (Å²) in [4.78, 5) is 2.75. The van der Waals surface area contributed by atoms with Crippen molar-refractivity contribution < 1.29 is 4.74 Å². The molecule has 0 bridgehead atoms. The van der Waals surface area contributed by atoms with Gasteiger partial charge in [-0.25, -0.2) is 0 Å². The molecular formula is C19H28N6O. The van der Waals surface area contributed by atoms with Crippen molar-refractivity contribution in [2.75, 3.05) is 25.0 Å². The molecule has 2 aromatic heterocycles. The zero-order valence-electron chi connectivity index (χ0n) is 15.6. The maximum absolute atomic E-state index is 5.90. The van der Waals surface area contributed by atoms with Gasteiger partial charge in [-0.3, -0.25) is 4.90 Å². The van der Waals surface area contributed by atoms with Crippen LogP contribution in [0.5, 0.6) is 0 Å². The fourth-order valence-electron chi connectivity index (χ4n) is 5.28. The van der Waals surface area contributed by atoms with Crippen molar-refractivity contribution in [2.45, 2.75) is 57.2 Å². The van der Waals surface area contributed by atoms with E-state index < -0.39 is 0 Å². The van der Waals surface area contributed by atoms with Crippen LogP contribution in [-0.4, -0.2) is 62.1 Å². The summed E-state index contributed by atoms with van der Waals surface area (Å²) in [6.07, 6.45) is 6.49. The van der Waals surface area contributed by atoms with Crippen LogP contribution in [0.25, 0.3) is 5.65 Å². The van der Waals surface area contributed by atoms with Crippen LogP contribution in [-0.2, 0) is 4.74 Å². The lowest BCUT2D eigenvalue weighted by Crippen LogP contribution is -2.45. The highest BCUT2D eigenvalue weighted by Gasteiger charge is 2.44. The molecule has 0 aromatic carbocycles. The standard InChI is InChI=1S/C19H28N6O/c1-19(2)9-16(5-6-26-19)24-10-13-7-15(8-14(13)11-24)21-17-3-4-18-22-20-12-25(18)23-17/h3-4,12-16H,5-11H2,1-2H3,(H,21,23)/t13-,14+,15+,16?. The van der Waals surface area contributed by atoms with Gasteiger partial charge in [-0.15, -0.1) is 15.3 Å². The van der Waals surface area contributed by atoms with Gasteiger partial charge >= 0.3 is 0 Å². The fraction of sp³-hybridized carbons (Fsp3) is 0.737. The summed E-state index contributed by atoms with van der Waals surface area (Å²) in [6, 6.07) is 5.20. The highest BCUT2D eigenvalue weighted by molar-refractivity contribution is 5.43. The lowest BCUT2D eigenvalue weighted by molar-refractivity contribution is -0.0811. The van der Waals surface area contributed by atoms with Gasteiger partial charge in [-0.1, -0.05) is 0 Å². The van der Waals surface area contributed by atoms with Gasteiger partial charge in [0.25, 0.3) is 0 Å². The Kier molecular flexibility index (Phi) is 3.90. The summed E-state index contributed by atoms with van der Waals surface area (Å²) in [5, 5.41) is 16.1. The molecule has 7 heteroatoms. The second-order valence-corrected chi connectivity index (χ2v) is 8.89. The molecule has 0 amide bonds.